The smallest absolute Gasteiger partial charge is 0.289 e. The zero-order valence-corrected chi connectivity index (χ0v) is 12.5. The summed E-state index contributed by atoms with van der Waals surface area (Å²) in [6.45, 7) is 3.24. The van der Waals surface area contributed by atoms with Crippen molar-refractivity contribution in [2.45, 2.75) is 32.1 Å². The molecule has 0 unspecified atom stereocenters. The van der Waals surface area contributed by atoms with Crippen molar-refractivity contribution in [1.82, 2.24) is 15.0 Å². The molecule has 0 aromatic carbocycles. The van der Waals surface area contributed by atoms with Crippen LogP contribution < -0.4 is 0 Å². The summed E-state index contributed by atoms with van der Waals surface area (Å²) < 4.78 is 10.3. The van der Waals surface area contributed by atoms with E-state index >= 15 is 0 Å². The zero-order valence-electron chi connectivity index (χ0n) is 11.7. The van der Waals surface area contributed by atoms with Crippen LogP contribution in [0.2, 0.25) is 5.22 Å². The summed E-state index contributed by atoms with van der Waals surface area (Å²) in [6, 6.07) is 3.17. The van der Waals surface area contributed by atoms with Crippen molar-refractivity contribution in [3.63, 3.8) is 0 Å². The topological polar surface area (TPSA) is 72.4 Å². The number of aryl methyl sites for hydroxylation is 1. The van der Waals surface area contributed by atoms with E-state index in [1.807, 2.05) is 6.92 Å². The van der Waals surface area contributed by atoms with E-state index in [2.05, 4.69) is 10.1 Å². The molecule has 0 bridgehead atoms. The Morgan fingerprint density at radius 3 is 3.05 bits per heavy atom. The molecular formula is C14H16ClN3O3. The molecule has 0 saturated carbocycles. The molecule has 3 heterocycles. The van der Waals surface area contributed by atoms with Gasteiger partial charge in [-0.25, -0.2) is 0 Å². The maximum atomic E-state index is 12.4. The van der Waals surface area contributed by atoms with Gasteiger partial charge in [0.2, 0.25) is 5.89 Å². The van der Waals surface area contributed by atoms with E-state index in [0.717, 1.165) is 12.8 Å². The molecule has 2 aromatic heterocycles. The molecule has 6 nitrogen and oxygen atoms in total. The summed E-state index contributed by atoms with van der Waals surface area (Å²) >= 11 is 5.72. The Bertz CT molecular complexity index is 637. The number of piperidine rings is 1. The van der Waals surface area contributed by atoms with Gasteiger partial charge in [-0.15, -0.1) is 0 Å². The molecule has 7 heteroatoms. The quantitative estimate of drug-likeness (QED) is 0.871. The molecular weight excluding hydrogens is 294 g/mol. The van der Waals surface area contributed by atoms with Gasteiger partial charge in [-0.3, -0.25) is 4.79 Å². The van der Waals surface area contributed by atoms with Crippen LogP contribution in [0.3, 0.4) is 0 Å². The second-order valence-corrected chi connectivity index (χ2v) is 5.47. The van der Waals surface area contributed by atoms with Crippen molar-refractivity contribution in [1.29, 1.82) is 0 Å². The summed E-state index contributed by atoms with van der Waals surface area (Å²) in [5, 5.41) is 4.23. The molecule has 2 aromatic rings. The standard InChI is InChI=1S/C14H16ClN3O3/c1-2-12-16-13(17-21-12)9-4-3-7-18(8-9)14(19)10-5-6-11(15)20-10/h5-6,9H,2-4,7-8H2,1H3/t9-/m1/s1. The molecule has 1 atom stereocenters. The zero-order chi connectivity index (χ0) is 14.8. The van der Waals surface area contributed by atoms with Gasteiger partial charge in [0, 0.05) is 25.4 Å². The molecule has 1 saturated heterocycles. The predicted molar refractivity (Wildman–Crippen MR) is 75.3 cm³/mol. The van der Waals surface area contributed by atoms with Crippen LogP contribution in [-0.4, -0.2) is 34.0 Å². The van der Waals surface area contributed by atoms with Gasteiger partial charge in [0.15, 0.2) is 16.8 Å². The number of hydrogen-bond donors (Lipinski definition) is 0. The summed E-state index contributed by atoms with van der Waals surface area (Å²) in [5.41, 5.74) is 0. The van der Waals surface area contributed by atoms with Gasteiger partial charge >= 0.3 is 0 Å². The fourth-order valence-corrected chi connectivity index (χ4v) is 2.68. The van der Waals surface area contributed by atoms with Crippen LogP contribution in [0.25, 0.3) is 0 Å². The van der Waals surface area contributed by atoms with Gasteiger partial charge in [0.25, 0.3) is 5.91 Å². The second-order valence-electron chi connectivity index (χ2n) is 5.09. The average Bonchev–Trinajstić information content (AvgIpc) is 3.15. The number of likely N-dealkylation sites (tertiary alicyclic amines) is 1. The Morgan fingerprint density at radius 1 is 1.52 bits per heavy atom. The highest BCUT2D eigenvalue weighted by Crippen LogP contribution is 2.26. The molecule has 1 fully saturated rings. The third-order valence-corrected chi connectivity index (χ3v) is 3.85. The average molecular weight is 310 g/mol. The van der Waals surface area contributed by atoms with Crippen LogP contribution in [0, 0.1) is 0 Å². The minimum absolute atomic E-state index is 0.109. The number of hydrogen-bond acceptors (Lipinski definition) is 5. The number of aromatic nitrogens is 2. The monoisotopic (exact) mass is 309 g/mol. The summed E-state index contributed by atoms with van der Waals surface area (Å²) in [6.07, 6.45) is 2.57. The molecule has 0 aliphatic carbocycles. The van der Waals surface area contributed by atoms with Crippen LogP contribution in [0.15, 0.2) is 21.1 Å². The van der Waals surface area contributed by atoms with Crippen molar-refractivity contribution >= 4 is 17.5 Å². The van der Waals surface area contributed by atoms with Gasteiger partial charge in [-0.05, 0) is 36.6 Å². The van der Waals surface area contributed by atoms with Crippen molar-refractivity contribution < 1.29 is 13.7 Å². The molecule has 21 heavy (non-hydrogen) atoms. The van der Waals surface area contributed by atoms with E-state index in [0.29, 0.717) is 31.2 Å². The molecule has 0 spiro atoms. The Morgan fingerprint density at radius 2 is 2.38 bits per heavy atom. The van der Waals surface area contributed by atoms with Gasteiger partial charge in [0.05, 0.1) is 0 Å². The van der Waals surface area contributed by atoms with Crippen molar-refractivity contribution in [3.8, 4) is 0 Å². The van der Waals surface area contributed by atoms with E-state index < -0.39 is 0 Å². The first-order valence-electron chi connectivity index (χ1n) is 7.04. The molecule has 0 radical (unpaired) electrons. The van der Waals surface area contributed by atoms with E-state index in [4.69, 9.17) is 20.5 Å². The van der Waals surface area contributed by atoms with Crippen LogP contribution in [0.5, 0.6) is 0 Å². The number of furan rings is 1. The first kappa shape index (κ1) is 14.1. The number of carbonyl (C=O) groups excluding carboxylic acids is 1. The highest BCUT2D eigenvalue weighted by molar-refractivity contribution is 6.29. The Labute approximate surface area is 127 Å². The minimum Gasteiger partial charge on any atom is -0.440 e. The number of nitrogens with zero attached hydrogens (tertiary/aromatic N) is 3. The van der Waals surface area contributed by atoms with Crippen LogP contribution in [0.4, 0.5) is 0 Å². The predicted octanol–water partition coefficient (Wildman–Crippen LogP) is 2.90. The first-order valence-corrected chi connectivity index (χ1v) is 7.42. The van der Waals surface area contributed by atoms with E-state index in [1.54, 1.807) is 17.0 Å². The van der Waals surface area contributed by atoms with Crippen LogP contribution >= 0.6 is 11.6 Å². The van der Waals surface area contributed by atoms with Crippen molar-refractivity contribution in [3.05, 3.63) is 34.8 Å². The Kier molecular flexibility index (Phi) is 3.96. The third-order valence-electron chi connectivity index (χ3n) is 3.64. The van der Waals surface area contributed by atoms with Gasteiger partial charge < -0.3 is 13.8 Å². The van der Waals surface area contributed by atoms with E-state index in [-0.39, 0.29) is 22.8 Å². The molecule has 112 valence electrons. The van der Waals surface area contributed by atoms with Gasteiger partial charge in [0.1, 0.15) is 0 Å². The normalized spacial score (nSPS) is 19.0. The maximum absolute atomic E-state index is 12.4. The summed E-state index contributed by atoms with van der Waals surface area (Å²) in [4.78, 5) is 18.5. The lowest BCUT2D eigenvalue weighted by molar-refractivity contribution is 0.0671. The third kappa shape index (κ3) is 2.95. The van der Waals surface area contributed by atoms with Gasteiger partial charge in [-0.1, -0.05) is 12.1 Å². The summed E-state index contributed by atoms with van der Waals surface area (Å²) in [7, 11) is 0. The highest BCUT2D eigenvalue weighted by Gasteiger charge is 2.29. The maximum Gasteiger partial charge on any atom is 0.289 e. The SMILES string of the molecule is CCc1nc([C@@H]2CCCN(C(=O)c3ccc(Cl)o3)C2)no1. The molecule has 1 aliphatic heterocycles. The van der Waals surface area contributed by atoms with Crippen molar-refractivity contribution in [2.24, 2.45) is 0 Å². The fourth-order valence-electron chi connectivity index (χ4n) is 2.53. The Hall–Kier alpha value is -1.82. The molecule has 0 N–H and O–H groups in total. The Balaban J connectivity index is 1.72. The van der Waals surface area contributed by atoms with Crippen molar-refractivity contribution in [2.75, 3.05) is 13.1 Å². The minimum atomic E-state index is -0.147. The number of halogens is 1. The lowest BCUT2D eigenvalue weighted by atomic mass is 9.97. The van der Waals surface area contributed by atoms with Crippen LogP contribution in [0.1, 0.15) is 48.0 Å². The van der Waals surface area contributed by atoms with Crippen LogP contribution in [-0.2, 0) is 6.42 Å². The molecule has 1 amide bonds. The van der Waals surface area contributed by atoms with Gasteiger partial charge in [-0.2, -0.15) is 4.98 Å². The second kappa shape index (κ2) is 5.89. The highest BCUT2D eigenvalue weighted by atomic mass is 35.5. The van der Waals surface area contributed by atoms with E-state index in [1.165, 1.54) is 0 Å². The van der Waals surface area contributed by atoms with E-state index in [9.17, 15) is 4.79 Å². The number of amides is 1. The number of carbonyl (C=O) groups is 1. The lowest BCUT2D eigenvalue weighted by Crippen LogP contribution is -2.39. The largest absolute Gasteiger partial charge is 0.440 e. The molecule has 3 rings (SSSR count). The molecule has 1 aliphatic rings. The number of rotatable bonds is 3. The summed E-state index contributed by atoms with van der Waals surface area (Å²) in [5.74, 6) is 1.54. The lowest BCUT2D eigenvalue weighted by Gasteiger charge is -2.30. The fraction of sp³-hybridized carbons (Fsp3) is 0.500. The first-order chi connectivity index (χ1) is 10.2.